The minimum absolute atomic E-state index is 0. The third kappa shape index (κ3) is 6.81. The van der Waals surface area contributed by atoms with E-state index < -0.39 is 5.97 Å². The number of halogens is 1. The molecule has 0 atom stereocenters. The SMILES string of the molecule is CC(=O)O.O=C1NC(=Nc2cc[c-]cc2)SC1=Cc1ccc2cc(F)ccc2c1.[Na+]. The van der Waals surface area contributed by atoms with Crippen molar-refractivity contribution in [2.24, 2.45) is 4.99 Å². The predicted octanol–water partition coefficient (Wildman–Crippen LogP) is 1.77. The van der Waals surface area contributed by atoms with E-state index in [-0.39, 0.29) is 41.3 Å². The summed E-state index contributed by atoms with van der Waals surface area (Å²) >= 11 is 1.30. The van der Waals surface area contributed by atoms with E-state index in [9.17, 15) is 9.18 Å². The number of hydrogen-bond acceptors (Lipinski definition) is 4. The van der Waals surface area contributed by atoms with E-state index in [1.807, 2.05) is 36.4 Å². The van der Waals surface area contributed by atoms with Crippen molar-refractivity contribution in [2.75, 3.05) is 0 Å². The summed E-state index contributed by atoms with van der Waals surface area (Å²) < 4.78 is 13.3. The van der Waals surface area contributed by atoms with Crippen molar-refractivity contribution in [1.82, 2.24) is 5.32 Å². The van der Waals surface area contributed by atoms with Crippen LogP contribution in [0.1, 0.15) is 12.5 Å². The van der Waals surface area contributed by atoms with Crippen molar-refractivity contribution < 1.29 is 48.6 Å². The number of nitrogens with zero attached hydrogens (tertiary/aromatic N) is 1. The van der Waals surface area contributed by atoms with Gasteiger partial charge in [-0.15, -0.1) is 12.1 Å². The number of carbonyl (C=O) groups excluding carboxylic acids is 1. The summed E-state index contributed by atoms with van der Waals surface area (Å²) in [7, 11) is 0. The van der Waals surface area contributed by atoms with Crippen LogP contribution in [0.5, 0.6) is 0 Å². The van der Waals surface area contributed by atoms with Gasteiger partial charge >= 0.3 is 29.6 Å². The number of hydrogen-bond donors (Lipinski definition) is 2. The van der Waals surface area contributed by atoms with Crippen LogP contribution in [0, 0.1) is 11.9 Å². The molecular weight excluding hydrogens is 414 g/mol. The maximum absolute atomic E-state index is 13.3. The maximum atomic E-state index is 13.3. The molecule has 1 heterocycles. The van der Waals surface area contributed by atoms with Gasteiger partial charge in [0, 0.05) is 6.92 Å². The van der Waals surface area contributed by atoms with E-state index in [2.05, 4.69) is 16.4 Å². The predicted molar refractivity (Wildman–Crippen MR) is 113 cm³/mol. The van der Waals surface area contributed by atoms with Crippen LogP contribution >= 0.6 is 11.8 Å². The monoisotopic (exact) mass is 430 g/mol. The number of carboxylic acid groups (broad SMARTS) is 1. The van der Waals surface area contributed by atoms with Crippen LogP contribution in [0.4, 0.5) is 10.1 Å². The van der Waals surface area contributed by atoms with E-state index in [0.29, 0.717) is 10.1 Å². The Hall–Kier alpha value is -2.45. The molecule has 1 saturated heterocycles. The first-order valence-electron chi connectivity index (χ1n) is 8.55. The van der Waals surface area contributed by atoms with Gasteiger partial charge in [-0.05, 0) is 58.1 Å². The zero-order valence-corrected chi connectivity index (χ0v) is 19.2. The van der Waals surface area contributed by atoms with Gasteiger partial charge in [0.05, 0.1) is 4.91 Å². The Balaban J connectivity index is 0.000000591. The first kappa shape index (κ1) is 23.8. The molecule has 0 spiro atoms. The van der Waals surface area contributed by atoms with Crippen LogP contribution in [0.3, 0.4) is 0 Å². The number of aliphatic imine (C=N–C) groups is 1. The van der Waals surface area contributed by atoms with Gasteiger partial charge in [0.2, 0.25) is 0 Å². The van der Waals surface area contributed by atoms with Crippen LogP contribution in [0.15, 0.2) is 70.6 Å². The summed E-state index contributed by atoms with van der Waals surface area (Å²) in [6.45, 7) is 1.08. The average Bonchev–Trinajstić information content (AvgIpc) is 3.01. The summed E-state index contributed by atoms with van der Waals surface area (Å²) in [4.78, 5) is 26.1. The number of amidine groups is 1. The molecule has 1 aliphatic rings. The second kappa shape index (κ2) is 11.1. The number of carbonyl (C=O) groups is 2. The van der Waals surface area contributed by atoms with Gasteiger partial charge in [-0.2, -0.15) is 18.2 Å². The zero-order chi connectivity index (χ0) is 20.8. The smallest absolute Gasteiger partial charge is 0.481 e. The van der Waals surface area contributed by atoms with E-state index in [1.54, 1.807) is 18.2 Å². The maximum Gasteiger partial charge on any atom is 1.00 e. The number of amides is 1. The van der Waals surface area contributed by atoms with Gasteiger partial charge in [-0.3, -0.25) is 14.6 Å². The summed E-state index contributed by atoms with van der Waals surface area (Å²) in [6.07, 6.45) is 1.81. The van der Waals surface area contributed by atoms with Gasteiger partial charge in [0.1, 0.15) is 5.82 Å². The summed E-state index contributed by atoms with van der Waals surface area (Å²) in [5.74, 6) is -1.27. The summed E-state index contributed by atoms with van der Waals surface area (Å²) in [6, 6.07) is 20.4. The van der Waals surface area contributed by atoms with Crippen LogP contribution in [0.2, 0.25) is 0 Å². The van der Waals surface area contributed by atoms with Crippen LogP contribution in [-0.4, -0.2) is 22.2 Å². The van der Waals surface area contributed by atoms with Crippen molar-refractivity contribution >= 4 is 51.3 Å². The molecule has 0 bridgehead atoms. The summed E-state index contributed by atoms with van der Waals surface area (Å²) in [5.41, 5.74) is 1.64. The average molecular weight is 430 g/mol. The van der Waals surface area contributed by atoms with Gasteiger partial charge in [0.25, 0.3) is 11.9 Å². The minimum Gasteiger partial charge on any atom is -0.481 e. The molecule has 30 heavy (non-hydrogen) atoms. The van der Waals surface area contributed by atoms with Gasteiger partial charge < -0.3 is 10.4 Å². The fourth-order valence-electron chi connectivity index (χ4n) is 2.53. The fraction of sp³-hybridized carbons (Fsp3) is 0.0455. The Bertz CT molecular complexity index is 1130. The molecule has 1 aliphatic heterocycles. The standard InChI is InChI=1S/C20H12FN2OS.C2H4O2.Na/c21-16-9-8-14-10-13(6-7-15(14)12-16)11-18-19(24)23-20(25-18)22-17-4-2-1-3-5-17;1-2(3)4;/h2-12H,(H,22,23,24);1H3,(H,3,4);/q-1;;+1. The van der Waals surface area contributed by atoms with Crippen LogP contribution in [-0.2, 0) is 9.59 Å². The molecule has 0 aliphatic carbocycles. The van der Waals surface area contributed by atoms with Gasteiger partial charge in [0.15, 0.2) is 5.17 Å². The third-order valence-corrected chi connectivity index (χ3v) is 4.62. The van der Waals surface area contributed by atoms with Gasteiger partial charge in [-0.1, -0.05) is 18.2 Å². The van der Waals surface area contributed by atoms with E-state index >= 15 is 0 Å². The van der Waals surface area contributed by atoms with Crippen LogP contribution < -0.4 is 34.9 Å². The normalized spacial score (nSPS) is 15.3. The number of benzene rings is 3. The minimum atomic E-state index is -0.833. The Labute approximate surface area is 199 Å². The molecule has 0 aromatic heterocycles. The molecule has 1 fully saturated rings. The quantitative estimate of drug-likeness (QED) is 0.369. The van der Waals surface area contributed by atoms with E-state index in [1.165, 1.54) is 23.9 Å². The Morgan fingerprint density at radius 3 is 2.47 bits per heavy atom. The number of thioether (sulfide) groups is 1. The molecular formula is C22H16FN2NaO3S. The number of carboxylic acids is 1. The molecule has 0 saturated carbocycles. The molecule has 3 aromatic rings. The molecule has 8 heteroatoms. The molecule has 1 amide bonds. The van der Waals surface area contributed by atoms with Crippen molar-refractivity contribution in [1.29, 1.82) is 0 Å². The molecule has 4 rings (SSSR count). The molecule has 0 radical (unpaired) electrons. The first-order chi connectivity index (χ1) is 13.9. The number of rotatable bonds is 2. The van der Waals surface area contributed by atoms with E-state index in [0.717, 1.165) is 28.9 Å². The zero-order valence-electron chi connectivity index (χ0n) is 16.3. The molecule has 0 unspecified atom stereocenters. The van der Waals surface area contributed by atoms with Crippen molar-refractivity contribution in [3.8, 4) is 0 Å². The second-order valence-electron chi connectivity index (χ2n) is 6.01. The molecule has 146 valence electrons. The van der Waals surface area contributed by atoms with Gasteiger partial charge in [-0.25, -0.2) is 4.39 Å². The number of nitrogens with one attached hydrogen (secondary N) is 1. The van der Waals surface area contributed by atoms with Crippen LogP contribution in [0.25, 0.3) is 16.8 Å². The Morgan fingerprint density at radius 2 is 1.77 bits per heavy atom. The van der Waals surface area contributed by atoms with E-state index in [4.69, 9.17) is 9.90 Å². The fourth-order valence-corrected chi connectivity index (χ4v) is 3.37. The Morgan fingerprint density at radius 1 is 1.13 bits per heavy atom. The molecule has 2 N–H and O–H groups in total. The first-order valence-corrected chi connectivity index (χ1v) is 9.37. The van der Waals surface area contributed by atoms with Crippen molar-refractivity contribution in [3.63, 3.8) is 0 Å². The molecule has 3 aromatic carbocycles. The second-order valence-corrected chi connectivity index (χ2v) is 7.04. The van der Waals surface area contributed by atoms with Crippen molar-refractivity contribution in [2.45, 2.75) is 6.92 Å². The Kier molecular flexibility index (Phi) is 8.80. The number of aliphatic carboxylic acids is 1. The largest absolute Gasteiger partial charge is 1.00 e. The van der Waals surface area contributed by atoms with Crippen molar-refractivity contribution in [3.05, 3.63) is 83.0 Å². The number of fused-ring (bicyclic) bond motifs is 1. The topological polar surface area (TPSA) is 78.8 Å². The molecule has 5 nitrogen and oxygen atoms in total. The summed E-state index contributed by atoms with van der Waals surface area (Å²) in [5, 5.41) is 12.5. The third-order valence-electron chi connectivity index (χ3n) is 3.71.